The van der Waals surface area contributed by atoms with Gasteiger partial charge in [-0.25, -0.2) is 4.79 Å². The van der Waals surface area contributed by atoms with E-state index in [1.807, 2.05) is 31.4 Å². The minimum Gasteiger partial charge on any atom is -0.338 e. The topological polar surface area (TPSA) is 41.1 Å². The third-order valence-corrected chi connectivity index (χ3v) is 2.91. The van der Waals surface area contributed by atoms with E-state index in [4.69, 9.17) is 0 Å². The zero-order chi connectivity index (χ0) is 10.4. The Morgan fingerprint density at radius 3 is 3.00 bits per heavy atom. The number of urea groups is 1. The van der Waals surface area contributed by atoms with Crippen LogP contribution in [0.2, 0.25) is 0 Å². The summed E-state index contributed by atoms with van der Waals surface area (Å²) in [6.45, 7) is 4.74. The number of carbonyl (C=O) groups is 1. The fourth-order valence-corrected chi connectivity index (χ4v) is 1.83. The molecule has 2 amide bonds. The predicted molar refractivity (Wildman–Crippen MR) is 59.6 cm³/mol. The molecular formula is C10H16N2OS. The fraction of sp³-hybridized carbons (Fsp3) is 0.500. The number of amides is 2. The molecule has 0 aliphatic carbocycles. The number of hydrogen-bond donors (Lipinski definition) is 2. The lowest BCUT2D eigenvalue weighted by Gasteiger charge is -2.12. The van der Waals surface area contributed by atoms with Gasteiger partial charge in [-0.1, -0.05) is 13.0 Å². The molecule has 3 nitrogen and oxygen atoms in total. The molecule has 1 unspecified atom stereocenters. The normalized spacial score (nSPS) is 12.1. The van der Waals surface area contributed by atoms with Crippen LogP contribution in [-0.4, -0.2) is 12.6 Å². The molecule has 0 aliphatic heterocycles. The lowest BCUT2D eigenvalue weighted by Crippen LogP contribution is -2.37. The molecule has 0 saturated heterocycles. The maximum absolute atomic E-state index is 11.3. The Morgan fingerprint density at radius 2 is 2.43 bits per heavy atom. The van der Waals surface area contributed by atoms with Crippen LogP contribution in [0.1, 0.15) is 31.2 Å². The van der Waals surface area contributed by atoms with Crippen molar-refractivity contribution in [3.05, 3.63) is 22.4 Å². The number of thiophene rings is 1. The summed E-state index contributed by atoms with van der Waals surface area (Å²) in [6, 6.07) is 4.01. The van der Waals surface area contributed by atoms with Crippen LogP contribution >= 0.6 is 11.3 Å². The summed E-state index contributed by atoms with van der Waals surface area (Å²) in [5, 5.41) is 7.67. The van der Waals surface area contributed by atoms with Crippen molar-refractivity contribution >= 4 is 17.4 Å². The van der Waals surface area contributed by atoms with Gasteiger partial charge in [0.1, 0.15) is 0 Å². The monoisotopic (exact) mass is 212 g/mol. The Labute approximate surface area is 88.5 Å². The van der Waals surface area contributed by atoms with E-state index in [1.54, 1.807) is 11.3 Å². The molecule has 0 bridgehead atoms. The molecule has 0 radical (unpaired) electrons. The van der Waals surface area contributed by atoms with Crippen LogP contribution in [0.25, 0.3) is 0 Å². The Balaban J connectivity index is 2.33. The molecule has 0 aromatic carbocycles. The largest absolute Gasteiger partial charge is 0.338 e. The van der Waals surface area contributed by atoms with Gasteiger partial charge in [0.15, 0.2) is 0 Å². The Bertz CT molecular complexity index is 272. The molecule has 0 spiro atoms. The van der Waals surface area contributed by atoms with Crippen molar-refractivity contribution in [1.82, 2.24) is 10.6 Å². The molecule has 1 rings (SSSR count). The van der Waals surface area contributed by atoms with E-state index in [-0.39, 0.29) is 12.1 Å². The van der Waals surface area contributed by atoms with Crippen LogP contribution in [0.5, 0.6) is 0 Å². The molecule has 14 heavy (non-hydrogen) atoms. The number of rotatable bonds is 4. The Hall–Kier alpha value is -1.03. The molecular weight excluding hydrogens is 196 g/mol. The van der Waals surface area contributed by atoms with Gasteiger partial charge in [-0.2, -0.15) is 0 Å². The summed E-state index contributed by atoms with van der Waals surface area (Å²) in [4.78, 5) is 12.5. The van der Waals surface area contributed by atoms with Crippen LogP contribution in [0.15, 0.2) is 17.5 Å². The van der Waals surface area contributed by atoms with Crippen molar-refractivity contribution in [1.29, 1.82) is 0 Å². The molecule has 0 aliphatic rings. The fourth-order valence-electron chi connectivity index (χ4n) is 1.09. The molecule has 1 aromatic heterocycles. The summed E-state index contributed by atoms with van der Waals surface area (Å²) in [5.74, 6) is 0. The van der Waals surface area contributed by atoms with Crippen molar-refractivity contribution in [2.45, 2.75) is 26.3 Å². The van der Waals surface area contributed by atoms with E-state index < -0.39 is 0 Å². The van der Waals surface area contributed by atoms with E-state index in [2.05, 4.69) is 10.6 Å². The van der Waals surface area contributed by atoms with E-state index >= 15 is 0 Å². The predicted octanol–water partition coefficient (Wildman–Crippen LogP) is 2.52. The van der Waals surface area contributed by atoms with Gasteiger partial charge >= 0.3 is 6.03 Å². The average molecular weight is 212 g/mol. The summed E-state index contributed by atoms with van der Waals surface area (Å²) < 4.78 is 0. The van der Waals surface area contributed by atoms with Crippen molar-refractivity contribution in [3.63, 3.8) is 0 Å². The lowest BCUT2D eigenvalue weighted by molar-refractivity contribution is 0.238. The van der Waals surface area contributed by atoms with Gasteiger partial charge in [0, 0.05) is 11.4 Å². The van der Waals surface area contributed by atoms with Crippen molar-refractivity contribution in [2.24, 2.45) is 0 Å². The smallest absolute Gasteiger partial charge is 0.315 e. The Morgan fingerprint density at radius 1 is 1.64 bits per heavy atom. The highest BCUT2D eigenvalue weighted by Crippen LogP contribution is 2.17. The first-order valence-corrected chi connectivity index (χ1v) is 5.69. The highest BCUT2D eigenvalue weighted by molar-refractivity contribution is 7.10. The van der Waals surface area contributed by atoms with Crippen LogP contribution in [-0.2, 0) is 0 Å². The van der Waals surface area contributed by atoms with Gasteiger partial charge in [0.2, 0.25) is 0 Å². The highest BCUT2D eigenvalue weighted by atomic mass is 32.1. The molecule has 78 valence electrons. The van der Waals surface area contributed by atoms with E-state index in [0.717, 1.165) is 13.0 Å². The third kappa shape index (κ3) is 3.38. The SMILES string of the molecule is CCCNC(=O)NC(C)c1cccs1. The van der Waals surface area contributed by atoms with Crippen molar-refractivity contribution < 1.29 is 4.79 Å². The van der Waals surface area contributed by atoms with E-state index in [9.17, 15) is 4.79 Å². The standard InChI is InChI=1S/C10H16N2OS/c1-3-6-11-10(13)12-8(2)9-5-4-7-14-9/h4-5,7-8H,3,6H2,1-2H3,(H2,11,12,13). The number of nitrogens with one attached hydrogen (secondary N) is 2. The van der Waals surface area contributed by atoms with E-state index in [0.29, 0.717) is 0 Å². The van der Waals surface area contributed by atoms with Gasteiger partial charge in [0.05, 0.1) is 6.04 Å². The number of hydrogen-bond acceptors (Lipinski definition) is 2. The second-order valence-electron chi connectivity index (χ2n) is 3.14. The third-order valence-electron chi connectivity index (χ3n) is 1.85. The summed E-state index contributed by atoms with van der Waals surface area (Å²) in [7, 11) is 0. The minimum absolute atomic E-state index is 0.0897. The molecule has 2 N–H and O–H groups in total. The van der Waals surface area contributed by atoms with Gasteiger partial charge in [0.25, 0.3) is 0 Å². The van der Waals surface area contributed by atoms with Crippen LogP contribution in [0.3, 0.4) is 0 Å². The first-order valence-electron chi connectivity index (χ1n) is 4.81. The van der Waals surface area contributed by atoms with Crippen LogP contribution < -0.4 is 10.6 Å². The zero-order valence-corrected chi connectivity index (χ0v) is 9.36. The van der Waals surface area contributed by atoms with Gasteiger partial charge < -0.3 is 10.6 Å². The quantitative estimate of drug-likeness (QED) is 0.791. The molecule has 4 heteroatoms. The lowest BCUT2D eigenvalue weighted by atomic mass is 10.3. The van der Waals surface area contributed by atoms with Gasteiger partial charge in [-0.05, 0) is 24.8 Å². The van der Waals surface area contributed by atoms with Gasteiger partial charge in [-0.15, -0.1) is 11.3 Å². The summed E-state index contributed by atoms with van der Waals surface area (Å²) >= 11 is 1.65. The molecule has 0 fully saturated rings. The second kappa shape index (κ2) is 5.65. The minimum atomic E-state index is -0.0900. The highest BCUT2D eigenvalue weighted by Gasteiger charge is 2.08. The summed E-state index contributed by atoms with van der Waals surface area (Å²) in [5.41, 5.74) is 0. The first-order chi connectivity index (χ1) is 6.74. The average Bonchev–Trinajstić information content (AvgIpc) is 2.67. The van der Waals surface area contributed by atoms with Crippen molar-refractivity contribution in [2.75, 3.05) is 6.54 Å². The van der Waals surface area contributed by atoms with Crippen LogP contribution in [0, 0.1) is 0 Å². The molecule has 1 heterocycles. The second-order valence-corrected chi connectivity index (χ2v) is 4.12. The van der Waals surface area contributed by atoms with Crippen molar-refractivity contribution in [3.8, 4) is 0 Å². The zero-order valence-electron chi connectivity index (χ0n) is 8.54. The maximum Gasteiger partial charge on any atom is 0.315 e. The number of carbonyl (C=O) groups excluding carboxylic acids is 1. The molecule has 1 atom stereocenters. The van der Waals surface area contributed by atoms with Gasteiger partial charge in [-0.3, -0.25) is 0 Å². The maximum atomic E-state index is 11.3. The summed E-state index contributed by atoms with van der Waals surface area (Å²) in [6.07, 6.45) is 0.959. The Kier molecular flexibility index (Phi) is 4.46. The first kappa shape index (κ1) is 11.0. The van der Waals surface area contributed by atoms with Crippen LogP contribution in [0.4, 0.5) is 4.79 Å². The molecule has 0 saturated carbocycles. The molecule has 1 aromatic rings. The van der Waals surface area contributed by atoms with E-state index in [1.165, 1.54) is 4.88 Å².